The van der Waals surface area contributed by atoms with E-state index < -0.39 is 41.7 Å². The first kappa shape index (κ1) is 48.6. The molecule has 16 nitrogen and oxygen atoms in total. The zero-order valence-corrected chi connectivity index (χ0v) is 40.0. The monoisotopic (exact) mass is 972 g/mol. The molecule has 9 rings (SSSR count). The predicted molar refractivity (Wildman–Crippen MR) is 270 cm³/mol. The maximum atomic E-state index is 14.6. The van der Waals surface area contributed by atoms with Crippen molar-refractivity contribution in [2.24, 2.45) is 17.2 Å². The van der Waals surface area contributed by atoms with Crippen molar-refractivity contribution in [3.63, 3.8) is 0 Å². The highest BCUT2D eigenvalue weighted by atomic mass is 16.6. The van der Waals surface area contributed by atoms with Crippen molar-refractivity contribution in [3.05, 3.63) is 160 Å². The number of hydrogen-bond acceptors (Lipinski definition) is 15. The van der Waals surface area contributed by atoms with E-state index in [2.05, 4.69) is 0 Å². The van der Waals surface area contributed by atoms with Crippen LogP contribution < -0.4 is 56.0 Å². The molecular formula is C56H52N4O12. The molecule has 16 heteroatoms. The van der Waals surface area contributed by atoms with Crippen molar-refractivity contribution in [2.45, 2.75) is 50.4 Å². The van der Waals surface area contributed by atoms with E-state index in [4.69, 9.17) is 54.8 Å². The number of benzene rings is 6. The zero-order chi connectivity index (χ0) is 50.6. The number of carbonyl (C=O) groups is 3. The molecule has 2 aromatic heterocycles. The van der Waals surface area contributed by atoms with E-state index in [1.807, 2.05) is 95.6 Å². The Bertz CT molecular complexity index is 3390. The Morgan fingerprint density at radius 1 is 0.569 bits per heavy atom. The molecule has 8 aromatic rings. The highest BCUT2D eigenvalue weighted by Crippen LogP contribution is 2.53. The number of nitrogens with two attached hydrogens (primary N) is 3. The van der Waals surface area contributed by atoms with Gasteiger partial charge in [-0.15, -0.1) is 0 Å². The van der Waals surface area contributed by atoms with Gasteiger partial charge in [-0.3, -0.25) is 0 Å². The molecule has 0 spiro atoms. The first-order valence-corrected chi connectivity index (χ1v) is 23.1. The van der Waals surface area contributed by atoms with Crippen LogP contribution >= 0.6 is 0 Å². The van der Waals surface area contributed by atoms with Gasteiger partial charge >= 0.3 is 23.5 Å². The molecule has 0 aliphatic carbocycles. The fraction of sp³-hybridized carbons (Fsp3) is 0.214. The summed E-state index contributed by atoms with van der Waals surface area (Å²) in [6.45, 7) is 0.198. The van der Waals surface area contributed by atoms with Crippen LogP contribution in [-0.2, 0) is 46.6 Å². The first-order valence-electron chi connectivity index (χ1n) is 23.1. The van der Waals surface area contributed by atoms with Crippen molar-refractivity contribution in [1.82, 2.24) is 4.57 Å². The third-order valence-electron chi connectivity index (χ3n) is 12.6. The van der Waals surface area contributed by atoms with Crippen LogP contribution in [-0.4, -0.2) is 69.0 Å². The largest absolute Gasteiger partial charge is 0.493 e. The van der Waals surface area contributed by atoms with E-state index in [0.29, 0.717) is 38.7 Å². The lowest BCUT2D eigenvalue weighted by atomic mass is 9.91. The van der Waals surface area contributed by atoms with Crippen molar-refractivity contribution in [2.75, 3.05) is 28.4 Å². The molecular weight excluding hydrogens is 921 g/mol. The molecule has 3 heterocycles. The molecule has 1 aliphatic heterocycles. The highest BCUT2D eigenvalue weighted by Gasteiger charge is 2.35. The van der Waals surface area contributed by atoms with Gasteiger partial charge in [0.25, 0.3) is 0 Å². The topological polar surface area (TPSA) is 229 Å². The van der Waals surface area contributed by atoms with Gasteiger partial charge in [-0.05, 0) is 72.2 Å². The SMILES string of the molecule is COc1cc(-c2c3n(c4c(=O)oc5cc(OC(=O)[C@@H](N)Cc6ccccc6)c(OC)cc5c24)CCc2c-3cc(OC)c(OC)c2OC(=O)[C@@H](N)Cc2ccccc2)ccc1OC(=O)C(N)Cc1ccccc1. The van der Waals surface area contributed by atoms with Crippen LogP contribution in [0.2, 0.25) is 0 Å². The summed E-state index contributed by atoms with van der Waals surface area (Å²) < 4.78 is 49.3. The Morgan fingerprint density at radius 2 is 1.08 bits per heavy atom. The Balaban J connectivity index is 1.21. The summed E-state index contributed by atoms with van der Waals surface area (Å²) >= 11 is 0. The number of aryl methyl sites for hydroxylation is 1. The van der Waals surface area contributed by atoms with Crippen LogP contribution in [0.5, 0.6) is 40.2 Å². The molecule has 0 saturated heterocycles. The van der Waals surface area contributed by atoms with Gasteiger partial charge in [0.2, 0.25) is 5.75 Å². The maximum Gasteiger partial charge on any atom is 0.361 e. The molecule has 0 radical (unpaired) electrons. The molecule has 0 bridgehead atoms. The van der Waals surface area contributed by atoms with Gasteiger partial charge in [0.1, 0.15) is 29.2 Å². The van der Waals surface area contributed by atoms with Crippen molar-refractivity contribution in [1.29, 1.82) is 0 Å². The standard InChI is InChI=1S/C56H52N4O12/c1-65-43-27-34(20-21-41(43)69-53(61)38(57)24-31-14-8-5-9-15-31)47-48-37-29-44(66-2)45(71-54(62)39(58)25-32-16-10-6-11-17-32)30-42(37)70-56(64)50(48)60-23-22-35-36(49(47)60)28-46(67-3)52(68-4)51(35)72-55(63)40(59)26-33-18-12-7-13-19-33/h5-21,27-30,38-40H,22-26,57-59H2,1-4H3/t38?,39-,40-/m0/s1. The van der Waals surface area contributed by atoms with Crippen LogP contribution in [0.1, 0.15) is 22.3 Å². The Kier molecular flexibility index (Phi) is 14.1. The Morgan fingerprint density at radius 3 is 1.61 bits per heavy atom. The van der Waals surface area contributed by atoms with Crippen LogP contribution in [0.15, 0.2) is 137 Å². The van der Waals surface area contributed by atoms with E-state index in [-0.39, 0.29) is 83.6 Å². The number of fused-ring (bicyclic) bond motifs is 7. The molecule has 0 fully saturated rings. The smallest absolute Gasteiger partial charge is 0.361 e. The number of aromatic nitrogens is 1. The lowest BCUT2D eigenvalue weighted by molar-refractivity contribution is -0.136. The van der Waals surface area contributed by atoms with E-state index in [1.165, 1.54) is 34.5 Å². The van der Waals surface area contributed by atoms with E-state index in [1.54, 1.807) is 30.3 Å². The third-order valence-corrected chi connectivity index (χ3v) is 12.6. The second kappa shape index (κ2) is 20.9. The highest BCUT2D eigenvalue weighted by molar-refractivity contribution is 6.17. The van der Waals surface area contributed by atoms with Gasteiger partial charge in [-0.1, -0.05) is 97.1 Å². The van der Waals surface area contributed by atoms with Gasteiger partial charge in [-0.2, -0.15) is 0 Å². The summed E-state index contributed by atoms with van der Waals surface area (Å²) in [5.41, 5.74) is 23.9. The fourth-order valence-corrected chi connectivity index (χ4v) is 9.18. The molecule has 6 aromatic carbocycles. The lowest BCUT2D eigenvalue weighted by Gasteiger charge is -2.26. The fourth-order valence-electron chi connectivity index (χ4n) is 9.18. The normalized spacial score (nSPS) is 13.0. The second-order valence-corrected chi connectivity index (χ2v) is 17.2. The molecule has 368 valence electrons. The number of methoxy groups -OCH3 is 4. The van der Waals surface area contributed by atoms with Gasteiger partial charge in [0.05, 0.1) is 34.1 Å². The number of carbonyl (C=O) groups excluding carboxylic acids is 3. The van der Waals surface area contributed by atoms with E-state index >= 15 is 0 Å². The molecule has 1 unspecified atom stereocenters. The van der Waals surface area contributed by atoms with Crippen LogP contribution in [0.4, 0.5) is 0 Å². The molecule has 1 aliphatic rings. The summed E-state index contributed by atoms with van der Waals surface area (Å²) in [6.07, 6.45) is 0.926. The first-order chi connectivity index (χ1) is 34.9. The summed E-state index contributed by atoms with van der Waals surface area (Å²) in [5, 5.41) is 0.838. The van der Waals surface area contributed by atoms with Crippen LogP contribution in [0.25, 0.3) is 44.3 Å². The third kappa shape index (κ3) is 9.57. The van der Waals surface area contributed by atoms with Gasteiger partial charge < -0.3 is 59.3 Å². The molecule has 3 atom stereocenters. The van der Waals surface area contributed by atoms with Gasteiger partial charge in [-0.25, -0.2) is 19.2 Å². The van der Waals surface area contributed by atoms with Crippen LogP contribution in [0.3, 0.4) is 0 Å². The van der Waals surface area contributed by atoms with E-state index in [9.17, 15) is 19.2 Å². The van der Waals surface area contributed by atoms with Crippen molar-refractivity contribution >= 4 is 39.8 Å². The van der Waals surface area contributed by atoms with Gasteiger partial charge in [0, 0.05) is 40.1 Å². The lowest BCUT2D eigenvalue weighted by Crippen LogP contribution is -2.36. The minimum absolute atomic E-state index is 0.0241. The number of hydrogen-bond donors (Lipinski definition) is 3. The minimum Gasteiger partial charge on any atom is -0.493 e. The number of ether oxygens (including phenoxy) is 7. The predicted octanol–water partition coefficient (Wildman–Crippen LogP) is 7.10. The average Bonchev–Trinajstić information content (AvgIpc) is 3.75. The van der Waals surface area contributed by atoms with Crippen LogP contribution in [0, 0.1) is 0 Å². The Hall–Kier alpha value is -8.44. The average molecular weight is 973 g/mol. The summed E-state index contributed by atoms with van der Waals surface area (Å²) in [5.74, 6) is -1.21. The maximum absolute atomic E-state index is 14.6. The number of esters is 3. The van der Waals surface area contributed by atoms with Crippen molar-refractivity contribution in [3.8, 4) is 62.6 Å². The summed E-state index contributed by atoms with van der Waals surface area (Å²) in [4.78, 5) is 55.4. The number of rotatable bonds is 17. The second-order valence-electron chi connectivity index (χ2n) is 17.2. The molecule has 0 amide bonds. The quantitative estimate of drug-likeness (QED) is 0.0470. The minimum atomic E-state index is -1.03. The van der Waals surface area contributed by atoms with Crippen molar-refractivity contribution < 1.29 is 52.0 Å². The zero-order valence-electron chi connectivity index (χ0n) is 40.0. The van der Waals surface area contributed by atoms with E-state index in [0.717, 1.165) is 16.7 Å². The number of nitrogens with zero attached hydrogens (tertiary/aromatic N) is 1. The molecule has 72 heavy (non-hydrogen) atoms. The van der Waals surface area contributed by atoms with Gasteiger partial charge in [0.15, 0.2) is 34.5 Å². The summed E-state index contributed by atoms with van der Waals surface area (Å²) in [7, 11) is 5.76. The molecule has 6 N–H and O–H groups in total. The Labute approximate surface area is 413 Å². The summed E-state index contributed by atoms with van der Waals surface area (Å²) in [6, 6.07) is 34.7. The molecule has 0 saturated carbocycles.